The van der Waals surface area contributed by atoms with Crippen molar-refractivity contribution in [3.8, 4) is 5.75 Å². The number of thioether (sulfide) groups is 2. The molecular weight excluding hydrogens is 271 g/mol. The van der Waals surface area contributed by atoms with Crippen molar-refractivity contribution in [3.05, 3.63) is 29.1 Å². The van der Waals surface area contributed by atoms with E-state index in [9.17, 15) is 9.18 Å². The summed E-state index contributed by atoms with van der Waals surface area (Å²) in [5.41, 5.74) is 1.20. The summed E-state index contributed by atoms with van der Waals surface area (Å²) in [6, 6.07) is 3.02. The van der Waals surface area contributed by atoms with E-state index >= 15 is 0 Å². The normalized spacial score (nSPS) is 16.6. The molecular formula is C13H15FO2S2. The second-order valence-corrected chi connectivity index (χ2v) is 6.79. The SMILES string of the molecule is COc1c(F)cc(C(C)=O)cc1C1SCCCS1. The van der Waals surface area contributed by atoms with E-state index in [2.05, 4.69) is 0 Å². The zero-order valence-electron chi connectivity index (χ0n) is 10.4. The molecule has 1 fully saturated rings. The number of benzene rings is 1. The van der Waals surface area contributed by atoms with Crippen molar-refractivity contribution in [2.24, 2.45) is 0 Å². The minimum absolute atomic E-state index is 0.122. The predicted molar refractivity (Wildman–Crippen MR) is 75.2 cm³/mol. The third-order valence-electron chi connectivity index (χ3n) is 2.76. The Balaban J connectivity index is 2.44. The van der Waals surface area contributed by atoms with Crippen LogP contribution in [0.5, 0.6) is 5.75 Å². The van der Waals surface area contributed by atoms with Gasteiger partial charge in [0.05, 0.1) is 11.7 Å². The van der Waals surface area contributed by atoms with Gasteiger partial charge in [-0.15, -0.1) is 23.5 Å². The van der Waals surface area contributed by atoms with Crippen molar-refractivity contribution in [2.75, 3.05) is 18.6 Å². The fourth-order valence-electron chi connectivity index (χ4n) is 1.88. The van der Waals surface area contributed by atoms with Crippen LogP contribution in [-0.2, 0) is 0 Å². The number of methoxy groups -OCH3 is 1. The van der Waals surface area contributed by atoms with Crippen molar-refractivity contribution < 1.29 is 13.9 Å². The van der Waals surface area contributed by atoms with E-state index in [0.29, 0.717) is 5.56 Å². The van der Waals surface area contributed by atoms with Crippen LogP contribution in [0.25, 0.3) is 0 Å². The van der Waals surface area contributed by atoms with Crippen LogP contribution in [-0.4, -0.2) is 24.4 Å². The number of carbonyl (C=O) groups excluding carboxylic acids is 1. The molecule has 0 aromatic heterocycles. The Hall–Kier alpha value is -0.680. The Kier molecular flexibility index (Phi) is 4.56. The van der Waals surface area contributed by atoms with Crippen LogP contribution in [0, 0.1) is 5.82 Å². The number of carbonyl (C=O) groups is 1. The van der Waals surface area contributed by atoms with Gasteiger partial charge in [-0.25, -0.2) is 4.39 Å². The summed E-state index contributed by atoms with van der Waals surface area (Å²) < 4.78 is 19.2. The third-order valence-corrected chi connectivity index (χ3v) is 5.74. The Bertz CT molecular complexity index is 457. The van der Waals surface area contributed by atoms with Gasteiger partial charge in [0.25, 0.3) is 0 Å². The second kappa shape index (κ2) is 5.97. The quantitative estimate of drug-likeness (QED) is 0.787. The summed E-state index contributed by atoms with van der Waals surface area (Å²) in [4.78, 5) is 11.4. The van der Waals surface area contributed by atoms with E-state index in [1.54, 1.807) is 29.6 Å². The molecule has 2 rings (SSSR count). The number of hydrogen-bond donors (Lipinski definition) is 0. The van der Waals surface area contributed by atoms with Gasteiger partial charge >= 0.3 is 0 Å². The number of ketones is 1. The third kappa shape index (κ3) is 2.83. The molecule has 18 heavy (non-hydrogen) atoms. The molecule has 1 aromatic rings. The van der Waals surface area contributed by atoms with Crippen LogP contribution in [0.1, 0.15) is 33.8 Å². The molecule has 1 saturated heterocycles. The van der Waals surface area contributed by atoms with Gasteiger partial charge in [0, 0.05) is 11.1 Å². The molecule has 1 aromatic carbocycles. The molecule has 0 atom stereocenters. The van der Waals surface area contributed by atoms with E-state index in [4.69, 9.17) is 4.74 Å². The highest BCUT2D eigenvalue weighted by Gasteiger charge is 2.24. The lowest BCUT2D eigenvalue weighted by molar-refractivity contribution is 0.101. The van der Waals surface area contributed by atoms with Gasteiger partial charge in [-0.1, -0.05) is 0 Å². The summed E-state index contributed by atoms with van der Waals surface area (Å²) in [6.07, 6.45) is 1.17. The van der Waals surface area contributed by atoms with Crippen LogP contribution < -0.4 is 4.74 Å². The second-order valence-electron chi connectivity index (χ2n) is 4.06. The molecule has 0 N–H and O–H groups in total. The van der Waals surface area contributed by atoms with E-state index in [0.717, 1.165) is 17.1 Å². The van der Waals surface area contributed by atoms with Gasteiger partial charge in [0.1, 0.15) is 0 Å². The maximum Gasteiger partial charge on any atom is 0.166 e. The summed E-state index contributed by atoms with van der Waals surface area (Å²) in [7, 11) is 1.47. The fourth-order valence-corrected chi connectivity index (χ4v) is 4.78. The molecule has 0 saturated carbocycles. The lowest BCUT2D eigenvalue weighted by Crippen LogP contribution is -2.06. The highest BCUT2D eigenvalue weighted by molar-refractivity contribution is 8.16. The van der Waals surface area contributed by atoms with E-state index in [1.165, 1.54) is 26.5 Å². The van der Waals surface area contributed by atoms with Crippen molar-refractivity contribution >= 4 is 29.3 Å². The molecule has 0 bridgehead atoms. The lowest BCUT2D eigenvalue weighted by Gasteiger charge is -2.23. The molecule has 1 heterocycles. The summed E-state index contributed by atoms with van der Waals surface area (Å²) in [5, 5.41) is 0. The lowest BCUT2D eigenvalue weighted by atomic mass is 10.1. The molecule has 0 radical (unpaired) electrons. The molecule has 1 aliphatic heterocycles. The van der Waals surface area contributed by atoms with Gasteiger partial charge in [0.15, 0.2) is 17.3 Å². The average molecular weight is 286 g/mol. The maximum absolute atomic E-state index is 13.9. The number of hydrogen-bond acceptors (Lipinski definition) is 4. The summed E-state index contributed by atoms with van der Waals surface area (Å²) in [5.74, 6) is 1.82. The molecule has 5 heteroatoms. The van der Waals surface area contributed by atoms with Gasteiger partial charge in [-0.05, 0) is 37.0 Å². The molecule has 0 aliphatic carbocycles. The maximum atomic E-state index is 13.9. The monoisotopic (exact) mass is 286 g/mol. The number of ether oxygens (including phenoxy) is 1. The standard InChI is InChI=1S/C13H15FO2S2/c1-8(15)9-6-10(12(16-2)11(14)7-9)13-17-4-3-5-18-13/h6-7,13H,3-5H2,1-2H3. The van der Waals surface area contributed by atoms with Crippen molar-refractivity contribution in [1.29, 1.82) is 0 Å². The fraction of sp³-hybridized carbons (Fsp3) is 0.462. The Morgan fingerprint density at radius 2 is 2.06 bits per heavy atom. The molecule has 98 valence electrons. The van der Waals surface area contributed by atoms with Crippen molar-refractivity contribution in [3.63, 3.8) is 0 Å². The first kappa shape index (κ1) is 13.7. The van der Waals surface area contributed by atoms with Crippen LogP contribution in [0.15, 0.2) is 12.1 Å². The first-order valence-electron chi connectivity index (χ1n) is 5.75. The van der Waals surface area contributed by atoms with Gasteiger partial charge in [-0.2, -0.15) is 0 Å². The van der Waals surface area contributed by atoms with Gasteiger partial charge in [0.2, 0.25) is 0 Å². The van der Waals surface area contributed by atoms with Crippen LogP contribution in [0.3, 0.4) is 0 Å². The Morgan fingerprint density at radius 1 is 1.39 bits per heavy atom. The summed E-state index contributed by atoms with van der Waals surface area (Å²) in [6.45, 7) is 1.45. The van der Waals surface area contributed by atoms with Crippen LogP contribution in [0.2, 0.25) is 0 Å². The first-order valence-corrected chi connectivity index (χ1v) is 7.85. The zero-order chi connectivity index (χ0) is 13.1. The van der Waals surface area contributed by atoms with Crippen LogP contribution in [0.4, 0.5) is 4.39 Å². The smallest absolute Gasteiger partial charge is 0.166 e. The van der Waals surface area contributed by atoms with Gasteiger partial charge < -0.3 is 4.74 Å². The first-order chi connectivity index (χ1) is 8.63. The minimum Gasteiger partial charge on any atom is -0.493 e. The van der Waals surface area contributed by atoms with Gasteiger partial charge in [-0.3, -0.25) is 4.79 Å². The van der Waals surface area contributed by atoms with Crippen LogP contribution >= 0.6 is 23.5 Å². The van der Waals surface area contributed by atoms with Crippen molar-refractivity contribution in [1.82, 2.24) is 0 Å². The number of halogens is 1. The molecule has 0 amide bonds. The number of rotatable bonds is 3. The Labute approximate surface area is 115 Å². The largest absolute Gasteiger partial charge is 0.493 e. The highest BCUT2D eigenvalue weighted by atomic mass is 32.2. The number of Topliss-reactive ketones (excluding diaryl/α,β-unsaturated/α-hetero) is 1. The predicted octanol–water partition coefficient (Wildman–Crippen LogP) is 3.91. The minimum atomic E-state index is -0.452. The molecule has 1 aliphatic rings. The van der Waals surface area contributed by atoms with Crippen molar-refractivity contribution in [2.45, 2.75) is 17.9 Å². The Morgan fingerprint density at radius 3 is 2.61 bits per heavy atom. The van der Waals surface area contributed by atoms with E-state index in [-0.39, 0.29) is 16.1 Å². The molecule has 0 spiro atoms. The summed E-state index contributed by atoms with van der Waals surface area (Å²) >= 11 is 3.56. The zero-order valence-corrected chi connectivity index (χ0v) is 12.0. The average Bonchev–Trinajstić information content (AvgIpc) is 2.38. The topological polar surface area (TPSA) is 26.3 Å². The van der Waals surface area contributed by atoms with E-state index < -0.39 is 5.82 Å². The molecule has 2 nitrogen and oxygen atoms in total. The van der Waals surface area contributed by atoms with E-state index in [1.807, 2.05) is 0 Å². The highest BCUT2D eigenvalue weighted by Crippen LogP contribution is 2.47. The molecule has 0 unspecified atom stereocenters.